The third-order valence-electron chi connectivity index (χ3n) is 3.22. The van der Waals surface area contributed by atoms with Gasteiger partial charge in [-0.15, -0.1) is 0 Å². The van der Waals surface area contributed by atoms with Crippen LogP contribution in [0.3, 0.4) is 0 Å². The molecular weight excluding hydrogens is 283 g/mol. The van der Waals surface area contributed by atoms with Gasteiger partial charge in [0.1, 0.15) is 5.82 Å². The Morgan fingerprint density at radius 2 is 1.50 bits per heavy atom. The summed E-state index contributed by atoms with van der Waals surface area (Å²) in [5.74, 6) is -0.986. The van der Waals surface area contributed by atoms with Gasteiger partial charge in [0.25, 0.3) is 5.91 Å². The zero-order chi connectivity index (χ0) is 16.1. The molecule has 0 fully saturated rings. The van der Waals surface area contributed by atoms with Crippen LogP contribution in [-0.4, -0.2) is 32.3 Å². The molecule has 2 aromatic carbocycles. The van der Waals surface area contributed by atoms with E-state index in [4.69, 9.17) is 0 Å². The highest BCUT2D eigenvalue weighted by Crippen LogP contribution is 2.12. The average molecular weight is 300 g/mol. The molecule has 114 valence electrons. The molecule has 0 saturated carbocycles. The lowest BCUT2D eigenvalue weighted by Crippen LogP contribution is -2.29. The second-order valence-corrected chi connectivity index (χ2v) is 5.05. The SMILES string of the molecule is CN(C)c1ccc(C(=O)NCC(=O)c2ccc(F)cc2)cc1. The lowest BCUT2D eigenvalue weighted by atomic mass is 10.1. The summed E-state index contributed by atoms with van der Waals surface area (Å²) in [6.07, 6.45) is 0. The van der Waals surface area contributed by atoms with Crippen LogP contribution in [0.5, 0.6) is 0 Å². The van der Waals surface area contributed by atoms with E-state index in [1.54, 1.807) is 12.1 Å². The average Bonchev–Trinajstić information content (AvgIpc) is 2.53. The van der Waals surface area contributed by atoms with Crippen molar-refractivity contribution in [3.63, 3.8) is 0 Å². The van der Waals surface area contributed by atoms with Crippen molar-refractivity contribution in [1.29, 1.82) is 0 Å². The molecule has 0 unspecified atom stereocenters. The molecule has 0 radical (unpaired) electrons. The summed E-state index contributed by atoms with van der Waals surface area (Å²) in [7, 11) is 3.83. The molecular formula is C17H17FN2O2. The van der Waals surface area contributed by atoms with Crippen molar-refractivity contribution in [2.24, 2.45) is 0 Å². The number of hydrogen-bond donors (Lipinski definition) is 1. The van der Waals surface area contributed by atoms with Crippen molar-refractivity contribution in [2.45, 2.75) is 0 Å². The highest BCUT2D eigenvalue weighted by Gasteiger charge is 2.10. The molecule has 22 heavy (non-hydrogen) atoms. The van der Waals surface area contributed by atoms with Crippen LogP contribution in [0.4, 0.5) is 10.1 Å². The van der Waals surface area contributed by atoms with Crippen LogP contribution in [0.15, 0.2) is 48.5 Å². The molecule has 4 nitrogen and oxygen atoms in total. The van der Waals surface area contributed by atoms with E-state index in [9.17, 15) is 14.0 Å². The molecule has 0 bridgehead atoms. The number of carbonyl (C=O) groups excluding carboxylic acids is 2. The summed E-state index contributed by atoms with van der Waals surface area (Å²) in [4.78, 5) is 25.8. The zero-order valence-electron chi connectivity index (χ0n) is 12.5. The first kappa shape index (κ1) is 15.7. The molecule has 0 heterocycles. The number of hydrogen-bond acceptors (Lipinski definition) is 3. The molecule has 2 rings (SSSR count). The Kier molecular flexibility index (Phi) is 4.88. The highest BCUT2D eigenvalue weighted by molar-refractivity contribution is 6.02. The molecule has 0 aliphatic carbocycles. The van der Waals surface area contributed by atoms with Crippen LogP contribution in [0.25, 0.3) is 0 Å². The van der Waals surface area contributed by atoms with Crippen LogP contribution < -0.4 is 10.2 Å². The van der Waals surface area contributed by atoms with Crippen LogP contribution in [0.2, 0.25) is 0 Å². The van der Waals surface area contributed by atoms with Crippen molar-refractivity contribution in [3.8, 4) is 0 Å². The number of rotatable bonds is 5. The summed E-state index contributed by atoms with van der Waals surface area (Å²) in [6, 6.07) is 12.3. The number of Topliss-reactive ketones (excluding diaryl/α,β-unsaturated/α-hetero) is 1. The number of benzene rings is 2. The Morgan fingerprint density at radius 1 is 0.955 bits per heavy atom. The third-order valence-corrected chi connectivity index (χ3v) is 3.22. The maximum atomic E-state index is 12.8. The summed E-state index contributed by atoms with van der Waals surface area (Å²) < 4.78 is 12.8. The maximum absolute atomic E-state index is 12.8. The quantitative estimate of drug-likeness (QED) is 0.863. The summed E-state index contributed by atoms with van der Waals surface area (Å²) in [6.45, 7) is -0.125. The predicted molar refractivity (Wildman–Crippen MR) is 83.8 cm³/mol. The van der Waals surface area contributed by atoms with Gasteiger partial charge < -0.3 is 10.2 Å². The zero-order valence-corrected chi connectivity index (χ0v) is 12.5. The molecule has 0 aliphatic heterocycles. The van der Waals surface area contributed by atoms with Crippen molar-refractivity contribution >= 4 is 17.4 Å². The van der Waals surface area contributed by atoms with Gasteiger partial charge in [0.15, 0.2) is 5.78 Å². The number of amides is 1. The number of nitrogens with one attached hydrogen (secondary N) is 1. The van der Waals surface area contributed by atoms with Gasteiger partial charge in [-0.3, -0.25) is 9.59 Å². The fourth-order valence-electron chi connectivity index (χ4n) is 1.91. The predicted octanol–water partition coefficient (Wildman–Crippen LogP) is 2.50. The van der Waals surface area contributed by atoms with Gasteiger partial charge in [0, 0.05) is 30.9 Å². The van der Waals surface area contributed by atoms with E-state index >= 15 is 0 Å². The van der Waals surface area contributed by atoms with Gasteiger partial charge in [0.2, 0.25) is 0 Å². The minimum atomic E-state index is -0.401. The number of ketones is 1. The second-order valence-electron chi connectivity index (χ2n) is 5.05. The smallest absolute Gasteiger partial charge is 0.251 e. The fraction of sp³-hybridized carbons (Fsp3) is 0.176. The molecule has 0 atom stereocenters. The molecule has 1 amide bonds. The minimum absolute atomic E-state index is 0.125. The molecule has 0 saturated heterocycles. The van der Waals surface area contributed by atoms with Crippen molar-refractivity contribution in [1.82, 2.24) is 5.32 Å². The Balaban J connectivity index is 1.94. The van der Waals surface area contributed by atoms with Gasteiger partial charge in [-0.2, -0.15) is 0 Å². The fourth-order valence-corrected chi connectivity index (χ4v) is 1.91. The monoisotopic (exact) mass is 300 g/mol. The first-order valence-electron chi connectivity index (χ1n) is 6.82. The van der Waals surface area contributed by atoms with E-state index in [0.29, 0.717) is 11.1 Å². The Labute approximate surface area is 128 Å². The van der Waals surface area contributed by atoms with Gasteiger partial charge in [-0.05, 0) is 48.5 Å². The highest BCUT2D eigenvalue weighted by atomic mass is 19.1. The molecule has 1 N–H and O–H groups in total. The van der Waals surface area contributed by atoms with Gasteiger partial charge >= 0.3 is 0 Å². The van der Waals surface area contributed by atoms with Crippen LogP contribution in [-0.2, 0) is 0 Å². The molecule has 0 spiro atoms. The van der Waals surface area contributed by atoms with Crippen molar-refractivity contribution in [3.05, 3.63) is 65.5 Å². The summed E-state index contributed by atoms with van der Waals surface area (Å²) in [5, 5.41) is 2.56. The topological polar surface area (TPSA) is 49.4 Å². The van der Waals surface area contributed by atoms with E-state index in [2.05, 4.69) is 5.32 Å². The van der Waals surface area contributed by atoms with E-state index < -0.39 is 5.82 Å². The van der Waals surface area contributed by atoms with Gasteiger partial charge in [0.05, 0.1) is 6.54 Å². The van der Waals surface area contributed by atoms with Crippen LogP contribution >= 0.6 is 0 Å². The van der Waals surface area contributed by atoms with Crippen molar-refractivity contribution in [2.75, 3.05) is 25.5 Å². The van der Waals surface area contributed by atoms with Crippen molar-refractivity contribution < 1.29 is 14.0 Å². The minimum Gasteiger partial charge on any atom is -0.378 e. The Bertz CT molecular complexity index is 664. The van der Waals surface area contributed by atoms with Gasteiger partial charge in [-0.1, -0.05) is 0 Å². The summed E-state index contributed by atoms with van der Waals surface area (Å²) in [5.41, 5.74) is 1.83. The lowest BCUT2D eigenvalue weighted by Gasteiger charge is -2.12. The summed E-state index contributed by atoms with van der Waals surface area (Å²) >= 11 is 0. The first-order valence-corrected chi connectivity index (χ1v) is 6.82. The van der Waals surface area contributed by atoms with E-state index in [1.165, 1.54) is 24.3 Å². The molecule has 0 aliphatic rings. The molecule has 5 heteroatoms. The number of halogens is 1. The van der Waals surface area contributed by atoms with Gasteiger partial charge in [-0.25, -0.2) is 4.39 Å². The number of carbonyl (C=O) groups is 2. The lowest BCUT2D eigenvalue weighted by molar-refractivity contribution is 0.0904. The maximum Gasteiger partial charge on any atom is 0.251 e. The second kappa shape index (κ2) is 6.85. The molecule has 0 aromatic heterocycles. The van der Waals surface area contributed by atoms with Crippen LogP contribution in [0, 0.1) is 5.82 Å². The van der Waals surface area contributed by atoms with E-state index in [-0.39, 0.29) is 18.2 Å². The number of anilines is 1. The van der Waals surface area contributed by atoms with E-state index in [1.807, 2.05) is 31.1 Å². The van der Waals surface area contributed by atoms with E-state index in [0.717, 1.165) is 5.69 Å². The molecule has 2 aromatic rings. The third kappa shape index (κ3) is 3.91. The Hall–Kier alpha value is -2.69. The first-order chi connectivity index (χ1) is 10.5. The normalized spacial score (nSPS) is 10.1. The number of nitrogens with zero attached hydrogens (tertiary/aromatic N) is 1. The largest absolute Gasteiger partial charge is 0.378 e. The standard InChI is InChI=1S/C17H17FN2O2/c1-20(2)15-9-5-13(6-10-15)17(22)19-11-16(21)12-3-7-14(18)8-4-12/h3-10H,11H2,1-2H3,(H,19,22). The van der Waals surface area contributed by atoms with Crippen LogP contribution in [0.1, 0.15) is 20.7 Å². The Morgan fingerprint density at radius 3 is 2.05 bits per heavy atom.